The molecule has 0 spiro atoms. The number of nitrogens with zero attached hydrogens (tertiary/aromatic N) is 1. The van der Waals surface area contributed by atoms with Gasteiger partial charge in [0, 0.05) is 17.8 Å². The summed E-state index contributed by atoms with van der Waals surface area (Å²) in [5, 5.41) is 1.06. The van der Waals surface area contributed by atoms with E-state index in [2.05, 4.69) is 9.97 Å². The van der Waals surface area contributed by atoms with Gasteiger partial charge in [0.25, 0.3) is 0 Å². The minimum Gasteiger partial charge on any atom is -0.457 e. The Balaban J connectivity index is 1.52. The highest BCUT2D eigenvalue weighted by Gasteiger charge is 2.09. The van der Waals surface area contributed by atoms with Crippen LogP contribution >= 0.6 is 0 Å². The standard InChI is InChI=1S/C21H16N2O2/c24-21(25-14-15-4-2-1-3-5-15)17-8-6-16(7-9-17)18-10-12-22-20-19(18)11-13-23-20/h1-13H,14H2,(H,22,23). The number of ether oxygens (including phenoxy) is 1. The van der Waals surface area contributed by atoms with E-state index in [-0.39, 0.29) is 12.6 Å². The number of H-pyrrole nitrogens is 1. The summed E-state index contributed by atoms with van der Waals surface area (Å²) >= 11 is 0. The van der Waals surface area contributed by atoms with Crippen molar-refractivity contribution in [3.63, 3.8) is 0 Å². The SMILES string of the molecule is O=C(OCc1ccccc1)c1ccc(-c2ccnc3[nH]ccc23)cc1. The first-order chi connectivity index (χ1) is 12.3. The first-order valence-corrected chi connectivity index (χ1v) is 8.05. The highest BCUT2D eigenvalue weighted by Crippen LogP contribution is 2.27. The number of hydrogen-bond donors (Lipinski definition) is 1. The molecule has 0 atom stereocenters. The highest BCUT2D eigenvalue weighted by atomic mass is 16.5. The molecule has 0 fully saturated rings. The van der Waals surface area contributed by atoms with Crippen LogP contribution in [0.4, 0.5) is 0 Å². The van der Waals surface area contributed by atoms with Gasteiger partial charge in [-0.15, -0.1) is 0 Å². The fourth-order valence-corrected chi connectivity index (χ4v) is 2.80. The van der Waals surface area contributed by atoms with E-state index in [1.807, 2.05) is 60.8 Å². The lowest BCUT2D eigenvalue weighted by Crippen LogP contribution is -2.05. The first kappa shape index (κ1) is 15.1. The minimum atomic E-state index is -0.322. The molecule has 0 amide bonds. The molecule has 1 N–H and O–H groups in total. The van der Waals surface area contributed by atoms with Crippen LogP contribution in [0.1, 0.15) is 15.9 Å². The van der Waals surface area contributed by atoms with E-state index in [0.29, 0.717) is 5.56 Å². The van der Waals surface area contributed by atoms with Crippen LogP contribution in [0.2, 0.25) is 0 Å². The van der Waals surface area contributed by atoms with E-state index in [1.54, 1.807) is 18.3 Å². The van der Waals surface area contributed by atoms with Gasteiger partial charge >= 0.3 is 5.97 Å². The molecule has 0 aliphatic heterocycles. The van der Waals surface area contributed by atoms with E-state index >= 15 is 0 Å². The van der Waals surface area contributed by atoms with Gasteiger partial charge in [0.1, 0.15) is 12.3 Å². The molecular formula is C21H16N2O2. The van der Waals surface area contributed by atoms with E-state index in [9.17, 15) is 4.79 Å². The molecular weight excluding hydrogens is 312 g/mol. The molecule has 25 heavy (non-hydrogen) atoms. The van der Waals surface area contributed by atoms with Crippen molar-refractivity contribution in [3.05, 3.63) is 90.3 Å². The Morgan fingerprint density at radius 1 is 0.960 bits per heavy atom. The maximum atomic E-state index is 12.2. The van der Waals surface area contributed by atoms with Gasteiger partial charge in [-0.05, 0) is 41.0 Å². The van der Waals surface area contributed by atoms with Gasteiger partial charge in [0.15, 0.2) is 0 Å². The second-order valence-electron chi connectivity index (χ2n) is 5.74. The average Bonchev–Trinajstić information content (AvgIpc) is 3.16. The number of hydrogen-bond acceptors (Lipinski definition) is 3. The average molecular weight is 328 g/mol. The topological polar surface area (TPSA) is 55.0 Å². The Morgan fingerprint density at radius 3 is 2.56 bits per heavy atom. The van der Waals surface area contributed by atoms with Crippen LogP contribution in [0.15, 0.2) is 79.1 Å². The summed E-state index contributed by atoms with van der Waals surface area (Å²) in [7, 11) is 0. The van der Waals surface area contributed by atoms with Crippen molar-refractivity contribution in [2.24, 2.45) is 0 Å². The van der Waals surface area contributed by atoms with E-state index in [4.69, 9.17) is 4.74 Å². The molecule has 0 saturated carbocycles. The molecule has 4 nitrogen and oxygen atoms in total. The molecule has 0 unspecified atom stereocenters. The van der Waals surface area contributed by atoms with Crippen LogP contribution in [0.25, 0.3) is 22.2 Å². The predicted molar refractivity (Wildman–Crippen MR) is 97.1 cm³/mol. The van der Waals surface area contributed by atoms with Crippen LogP contribution in [-0.4, -0.2) is 15.9 Å². The number of carbonyl (C=O) groups is 1. The lowest BCUT2D eigenvalue weighted by Gasteiger charge is -2.07. The third kappa shape index (κ3) is 3.15. The summed E-state index contributed by atoms with van der Waals surface area (Å²) in [6.45, 7) is 0.274. The molecule has 0 radical (unpaired) electrons. The van der Waals surface area contributed by atoms with Crippen molar-refractivity contribution >= 4 is 17.0 Å². The Hall–Kier alpha value is -3.40. The quantitative estimate of drug-likeness (QED) is 0.558. The van der Waals surface area contributed by atoms with Crippen molar-refractivity contribution in [3.8, 4) is 11.1 Å². The maximum Gasteiger partial charge on any atom is 0.338 e. The van der Waals surface area contributed by atoms with Gasteiger partial charge < -0.3 is 9.72 Å². The summed E-state index contributed by atoms with van der Waals surface area (Å²) in [6.07, 6.45) is 3.65. The second kappa shape index (κ2) is 6.61. The van der Waals surface area contributed by atoms with Crippen molar-refractivity contribution in [1.29, 1.82) is 0 Å². The van der Waals surface area contributed by atoms with Crippen molar-refractivity contribution in [1.82, 2.24) is 9.97 Å². The third-order valence-electron chi connectivity index (χ3n) is 4.10. The summed E-state index contributed by atoms with van der Waals surface area (Å²) in [6, 6.07) is 21.1. The zero-order valence-corrected chi connectivity index (χ0v) is 13.5. The molecule has 2 aromatic carbocycles. The zero-order chi connectivity index (χ0) is 17.1. The summed E-state index contributed by atoms with van der Waals surface area (Å²) in [5.74, 6) is -0.322. The van der Waals surface area contributed by atoms with Gasteiger partial charge in [-0.1, -0.05) is 42.5 Å². The molecule has 0 aliphatic carbocycles. The van der Waals surface area contributed by atoms with E-state index in [0.717, 1.165) is 27.7 Å². The first-order valence-electron chi connectivity index (χ1n) is 8.05. The van der Waals surface area contributed by atoms with E-state index < -0.39 is 0 Å². The predicted octanol–water partition coefficient (Wildman–Crippen LogP) is 4.59. The molecule has 4 aromatic rings. The summed E-state index contributed by atoms with van der Waals surface area (Å²) in [4.78, 5) is 19.6. The maximum absolute atomic E-state index is 12.2. The molecule has 2 heterocycles. The molecule has 4 rings (SSSR count). The lowest BCUT2D eigenvalue weighted by molar-refractivity contribution is 0.0473. The number of pyridine rings is 1. The Labute approximate surface area is 145 Å². The van der Waals surface area contributed by atoms with Crippen LogP contribution in [0.3, 0.4) is 0 Å². The van der Waals surface area contributed by atoms with Crippen molar-refractivity contribution in [2.45, 2.75) is 6.61 Å². The number of esters is 1. The van der Waals surface area contributed by atoms with Crippen LogP contribution < -0.4 is 0 Å². The Kier molecular flexibility index (Phi) is 4.01. The Bertz CT molecular complexity index is 1000. The monoisotopic (exact) mass is 328 g/mol. The van der Waals surface area contributed by atoms with Gasteiger partial charge in [-0.3, -0.25) is 0 Å². The number of nitrogens with one attached hydrogen (secondary N) is 1. The fourth-order valence-electron chi connectivity index (χ4n) is 2.80. The molecule has 122 valence electrons. The largest absolute Gasteiger partial charge is 0.457 e. The van der Waals surface area contributed by atoms with Gasteiger partial charge in [-0.2, -0.15) is 0 Å². The van der Waals surface area contributed by atoms with Gasteiger partial charge in [0.2, 0.25) is 0 Å². The highest BCUT2D eigenvalue weighted by molar-refractivity contribution is 5.94. The van der Waals surface area contributed by atoms with E-state index in [1.165, 1.54) is 0 Å². The summed E-state index contributed by atoms with van der Waals surface area (Å²) < 4.78 is 5.36. The van der Waals surface area contributed by atoms with Crippen LogP contribution in [-0.2, 0) is 11.3 Å². The lowest BCUT2D eigenvalue weighted by atomic mass is 10.0. The number of rotatable bonds is 4. The van der Waals surface area contributed by atoms with Gasteiger partial charge in [0.05, 0.1) is 5.56 Å². The van der Waals surface area contributed by atoms with Crippen LogP contribution in [0.5, 0.6) is 0 Å². The summed E-state index contributed by atoms with van der Waals surface area (Å²) in [5.41, 5.74) is 4.48. The molecule has 4 heteroatoms. The molecule has 2 aromatic heterocycles. The second-order valence-corrected chi connectivity index (χ2v) is 5.74. The molecule has 0 saturated heterocycles. The number of aromatic nitrogens is 2. The van der Waals surface area contributed by atoms with Crippen molar-refractivity contribution in [2.75, 3.05) is 0 Å². The van der Waals surface area contributed by atoms with Crippen molar-refractivity contribution < 1.29 is 9.53 Å². The zero-order valence-electron chi connectivity index (χ0n) is 13.5. The number of fused-ring (bicyclic) bond motifs is 1. The normalized spacial score (nSPS) is 10.7. The number of aromatic amines is 1. The molecule has 0 aliphatic rings. The fraction of sp³-hybridized carbons (Fsp3) is 0.0476. The number of carbonyl (C=O) groups excluding carboxylic acids is 1. The minimum absolute atomic E-state index is 0.274. The molecule has 0 bridgehead atoms. The Morgan fingerprint density at radius 2 is 1.76 bits per heavy atom. The van der Waals surface area contributed by atoms with Gasteiger partial charge in [-0.25, -0.2) is 9.78 Å². The van der Waals surface area contributed by atoms with Crippen LogP contribution in [0, 0.1) is 0 Å². The third-order valence-corrected chi connectivity index (χ3v) is 4.10. The smallest absolute Gasteiger partial charge is 0.338 e. The number of benzene rings is 2.